The number of rotatable bonds is 5. The summed E-state index contributed by atoms with van der Waals surface area (Å²) in [6.45, 7) is 4.36. The lowest BCUT2D eigenvalue weighted by atomic mass is 9.68. The third-order valence-corrected chi connectivity index (χ3v) is 5.11. The van der Waals surface area contributed by atoms with E-state index in [2.05, 4.69) is 10.3 Å². The fourth-order valence-corrected chi connectivity index (χ4v) is 3.74. The van der Waals surface area contributed by atoms with E-state index in [0.29, 0.717) is 18.2 Å². The lowest BCUT2D eigenvalue weighted by Crippen LogP contribution is -2.42. The van der Waals surface area contributed by atoms with Crippen LogP contribution in [-0.4, -0.2) is 17.5 Å². The van der Waals surface area contributed by atoms with Crippen molar-refractivity contribution >= 4 is 11.6 Å². The standard InChI is InChI=1S/C21H25FN2O2/c1-3-26-19-15(2)13-18(14-23-19)24-20(25)21(11-5-4-6-12-21)16-7-9-17(22)10-8-16/h7-10,13-14H,3-6,11-12H2,1-2H3,(H,24,25). The predicted molar refractivity (Wildman–Crippen MR) is 99.9 cm³/mol. The van der Waals surface area contributed by atoms with Gasteiger partial charge in [-0.25, -0.2) is 9.37 Å². The number of hydrogen-bond acceptors (Lipinski definition) is 3. The number of carbonyl (C=O) groups is 1. The molecule has 0 saturated heterocycles. The average molecular weight is 356 g/mol. The van der Waals surface area contributed by atoms with Crippen molar-refractivity contribution in [3.8, 4) is 5.88 Å². The summed E-state index contributed by atoms with van der Waals surface area (Å²) < 4.78 is 18.8. The van der Waals surface area contributed by atoms with Gasteiger partial charge in [-0.3, -0.25) is 4.79 Å². The molecule has 138 valence electrons. The fraction of sp³-hybridized carbons (Fsp3) is 0.429. The highest BCUT2D eigenvalue weighted by atomic mass is 19.1. The summed E-state index contributed by atoms with van der Waals surface area (Å²) in [5, 5.41) is 3.02. The molecule has 0 atom stereocenters. The van der Waals surface area contributed by atoms with Gasteiger partial charge in [0.1, 0.15) is 5.82 Å². The summed E-state index contributed by atoms with van der Waals surface area (Å²) in [6, 6.07) is 8.21. The molecule has 1 aliphatic rings. The number of aryl methyl sites for hydroxylation is 1. The summed E-state index contributed by atoms with van der Waals surface area (Å²) in [4.78, 5) is 17.5. The van der Waals surface area contributed by atoms with Gasteiger partial charge in [0.2, 0.25) is 11.8 Å². The number of anilines is 1. The molecule has 1 amide bonds. The van der Waals surface area contributed by atoms with Crippen molar-refractivity contribution in [1.82, 2.24) is 4.98 Å². The van der Waals surface area contributed by atoms with E-state index in [1.165, 1.54) is 12.1 Å². The molecule has 1 heterocycles. The van der Waals surface area contributed by atoms with Crippen LogP contribution in [0.1, 0.15) is 50.2 Å². The maximum Gasteiger partial charge on any atom is 0.235 e. The first-order valence-corrected chi connectivity index (χ1v) is 9.22. The Labute approximate surface area is 153 Å². The van der Waals surface area contributed by atoms with Crippen LogP contribution < -0.4 is 10.1 Å². The number of benzene rings is 1. The van der Waals surface area contributed by atoms with E-state index in [1.807, 2.05) is 19.9 Å². The van der Waals surface area contributed by atoms with Crippen molar-refractivity contribution in [1.29, 1.82) is 0 Å². The Kier molecular flexibility index (Phi) is 5.55. The van der Waals surface area contributed by atoms with Gasteiger partial charge in [-0.05, 0) is 50.5 Å². The number of nitrogens with one attached hydrogen (secondary N) is 1. The zero-order chi connectivity index (χ0) is 18.6. The van der Waals surface area contributed by atoms with E-state index in [-0.39, 0.29) is 11.7 Å². The number of pyridine rings is 1. The molecule has 2 aromatic rings. The molecule has 0 aliphatic heterocycles. The van der Waals surface area contributed by atoms with E-state index < -0.39 is 5.41 Å². The number of ether oxygens (including phenoxy) is 1. The summed E-state index contributed by atoms with van der Waals surface area (Å²) in [5.74, 6) is 0.247. The minimum absolute atomic E-state index is 0.0471. The van der Waals surface area contributed by atoms with Crippen molar-refractivity contribution in [2.24, 2.45) is 0 Å². The van der Waals surface area contributed by atoms with Crippen molar-refractivity contribution < 1.29 is 13.9 Å². The smallest absolute Gasteiger partial charge is 0.235 e. The van der Waals surface area contributed by atoms with Crippen LogP contribution in [-0.2, 0) is 10.2 Å². The molecule has 4 nitrogen and oxygen atoms in total. The van der Waals surface area contributed by atoms with Gasteiger partial charge in [0.05, 0.1) is 23.9 Å². The quantitative estimate of drug-likeness (QED) is 0.840. The molecule has 0 unspecified atom stereocenters. The molecule has 26 heavy (non-hydrogen) atoms. The van der Waals surface area contributed by atoms with Crippen LogP contribution in [0.25, 0.3) is 0 Å². The van der Waals surface area contributed by atoms with E-state index >= 15 is 0 Å². The molecule has 0 spiro atoms. The minimum Gasteiger partial charge on any atom is -0.478 e. The number of halogens is 1. The fourth-order valence-electron chi connectivity index (χ4n) is 3.74. The highest BCUT2D eigenvalue weighted by Gasteiger charge is 2.41. The van der Waals surface area contributed by atoms with Gasteiger partial charge in [-0.15, -0.1) is 0 Å². The minimum atomic E-state index is -0.613. The number of nitrogens with zero attached hydrogens (tertiary/aromatic N) is 1. The van der Waals surface area contributed by atoms with Crippen LogP contribution in [0, 0.1) is 12.7 Å². The maximum absolute atomic E-state index is 13.4. The summed E-state index contributed by atoms with van der Waals surface area (Å²) >= 11 is 0. The Bertz CT molecular complexity index is 768. The Balaban J connectivity index is 1.86. The largest absolute Gasteiger partial charge is 0.478 e. The third kappa shape index (κ3) is 3.71. The number of carbonyl (C=O) groups excluding carboxylic acids is 1. The van der Waals surface area contributed by atoms with Crippen LogP contribution in [0.3, 0.4) is 0 Å². The first kappa shape index (κ1) is 18.4. The van der Waals surface area contributed by atoms with Crippen LogP contribution in [0.15, 0.2) is 36.5 Å². The molecular weight excluding hydrogens is 331 g/mol. The summed E-state index contributed by atoms with van der Waals surface area (Å²) in [6.07, 6.45) is 6.27. The van der Waals surface area contributed by atoms with Crippen molar-refractivity contribution in [2.75, 3.05) is 11.9 Å². The molecule has 5 heteroatoms. The molecule has 3 rings (SSSR count). The average Bonchev–Trinajstić information content (AvgIpc) is 2.65. The zero-order valence-corrected chi connectivity index (χ0v) is 15.3. The van der Waals surface area contributed by atoms with Crippen LogP contribution in [0.2, 0.25) is 0 Å². The maximum atomic E-state index is 13.4. The Morgan fingerprint density at radius 2 is 1.92 bits per heavy atom. The SMILES string of the molecule is CCOc1ncc(NC(=O)C2(c3ccc(F)cc3)CCCCC2)cc1C. The number of aromatic nitrogens is 1. The topological polar surface area (TPSA) is 51.2 Å². The monoisotopic (exact) mass is 356 g/mol. The third-order valence-electron chi connectivity index (χ3n) is 5.11. The lowest BCUT2D eigenvalue weighted by molar-refractivity contribution is -0.122. The first-order valence-electron chi connectivity index (χ1n) is 9.22. The second-order valence-corrected chi connectivity index (χ2v) is 6.88. The summed E-state index contributed by atoms with van der Waals surface area (Å²) in [7, 11) is 0. The van der Waals surface area contributed by atoms with E-state index in [4.69, 9.17) is 4.74 Å². The normalized spacial score (nSPS) is 16.1. The van der Waals surface area contributed by atoms with Crippen LogP contribution in [0.4, 0.5) is 10.1 Å². The molecule has 1 aromatic carbocycles. The Morgan fingerprint density at radius 3 is 2.54 bits per heavy atom. The van der Waals surface area contributed by atoms with Gasteiger partial charge < -0.3 is 10.1 Å². The molecule has 1 aromatic heterocycles. The van der Waals surface area contributed by atoms with Gasteiger partial charge in [0, 0.05) is 5.56 Å². The second kappa shape index (κ2) is 7.85. The van der Waals surface area contributed by atoms with E-state index in [0.717, 1.165) is 43.2 Å². The van der Waals surface area contributed by atoms with Gasteiger partial charge in [0.25, 0.3) is 0 Å². The number of hydrogen-bond donors (Lipinski definition) is 1. The number of amides is 1. The van der Waals surface area contributed by atoms with Crippen LogP contribution >= 0.6 is 0 Å². The second-order valence-electron chi connectivity index (χ2n) is 6.88. The van der Waals surface area contributed by atoms with Gasteiger partial charge in [0.15, 0.2) is 0 Å². The summed E-state index contributed by atoms with van der Waals surface area (Å²) in [5.41, 5.74) is 1.80. The van der Waals surface area contributed by atoms with Gasteiger partial charge in [-0.2, -0.15) is 0 Å². The molecule has 1 aliphatic carbocycles. The molecule has 0 bridgehead atoms. The van der Waals surface area contributed by atoms with Crippen molar-refractivity contribution in [3.63, 3.8) is 0 Å². The van der Waals surface area contributed by atoms with E-state index in [9.17, 15) is 9.18 Å². The van der Waals surface area contributed by atoms with Crippen molar-refractivity contribution in [3.05, 3.63) is 53.5 Å². The lowest BCUT2D eigenvalue weighted by Gasteiger charge is -2.36. The van der Waals surface area contributed by atoms with Crippen molar-refractivity contribution in [2.45, 2.75) is 51.4 Å². The molecule has 1 fully saturated rings. The van der Waals surface area contributed by atoms with Gasteiger partial charge >= 0.3 is 0 Å². The van der Waals surface area contributed by atoms with Gasteiger partial charge in [-0.1, -0.05) is 31.4 Å². The first-order chi connectivity index (χ1) is 12.5. The Morgan fingerprint density at radius 1 is 1.23 bits per heavy atom. The van der Waals surface area contributed by atoms with E-state index in [1.54, 1.807) is 18.3 Å². The zero-order valence-electron chi connectivity index (χ0n) is 15.3. The highest BCUT2D eigenvalue weighted by molar-refractivity contribution is 5.99. The highest BCUT2D eigenvalue weighted by Crippen LogP contribution is 2.40. The molecular formula is C21H25FN2O2. The Hall–Kier alpha value is -2.43. The molecule has 0 radical (unpaired) electrons. The predicted octanol–water partition coefficient (Wildman–Crippen LogP) is 4.77. The molecule has 1 saturated carbocycles. The molecule has 1 N–H and O–H groups in total. The van der Waals surface area contributed by atoms with Crippen LogP contribution in [0.5, 0.6) is 5.88 Å².